The third kappa shape index (κ3) is 4.69. The minimum Gasteiger partial charge on any atom is -0.455 e. The Bertz CT molecular complexity index is 3570. The first kappa shape index (κ1) is 31.0. The standard InChI is InChI=1S/C54H33NO/c1-2-11-34(12-3-1)35-23-26-42(27-24-35)55-43-31-39(46-18-10-20-51-53(46)48-28-25-37-14-5-7-17-47(37)54(48)56-51)30-40(32-43)49-33-41(44-15-8-9-19-50(44)55)29-38-22-21-36-13-4-6-16-45(36)52(38)49/h1-33H. The molecule has 2 heteroatoms. The number of benzene rings is 10. The van der Waals surface area contributed by atoms with E-state index in [2.05, 4.69) is 205 Å². The monoisotopic (exact) mass is 711 g/mol. The van der Waals surface area contributed by atoms with Gasteiger partial charge in [-0.2, -0.15) is 0 Å². The normalized spacial score (nSPS) is 11.9. The fourth-order valence-corrected chi connectivity index (χ4v) is 9.15. The highest BCUT2D eigenvalue weighted by Gasteiger charge is 2.17. The zero-order chi connectivity index (χ0) is 36.7. The molecule has 260 valence electrons. The molecule has 56 heavy (non-hydrogen) atoms. The number of hydrogen-bond acceptors (Lipinski definition) is 1. The van der Waals surface area contributed by atoms with Crippen LogP contribution in [0.5, 0.6) is 0 Å². The smallest absolute Gasteiger partial charge is 0.143 e. The number of nitrogens with zero attached hydrogens (tertiary/aromatic N) is 1. The van der Waals surface area contributed by atoms with Crippen LogP contribution in [0.2, 0.25) is 0 Å². The summed E-state index contributed by atoms with van der Waals surface area (Å²) in [4.78, 5) is 0. The average molecular weight is 712 g/mol. The molecule has 0 saturated heterocycles. The molecule has 0 aliphatic heterocycles. The Balaban J connectivity index is 1.26. The van der Waals surface area contributed by atoms with Gasteiger partial charge in [0.15, 0.2) is 0 Å². The van der Waals surface area contributed by atoms with Crippen LogP contribution in [0, 0.1) is 0 Å². The van der Waals surface area contributed by atoms with Crippen molar-refractivity contribution in [3.8, 4) is 27.9 Å². The fraction of sp³-hybridized carbons (Fsp3) is 0. The summed E-state index contributed by atoms with van der Waals surface area (Å²) in [6.45, 7) is 0. The first-order valence-electron chi connectivity index (χ1n) is 19.2. The number of rotatable bonds is 3. The van der Waals surface area contributed by atoms with Crippen molar-refractivity contribution in [2.75, 3.05) is 0 Å². The lowest BCUT2D eigenvalue weighted by Crippen LogP contribution is -1.97. The molecule has 2 aromatic heterocycles. The van der Waals surface area contributed by atoms with E-state index >= 15 is 0 Å². The number of hydrogen-bond donors (Lipinski definition) is 0. The van der Waals surface area contributed by atoms with Crippen LogP contribution in [-0.4, -0.2) is 4.57 Å². The molecule has 0 saturated carbocycles. The summed E-state index contributed by atoms with van der Waals surface area (Å²) in [5.41, 5.74) is 9.84. The van der Waals surface area contributed by atoms with Gasteiger partial charge in [-0.15, -0.1) is 0 Å². The number of aromatic nitrogens is 1. The second-order valence-corrected chi connectivity index (χ2v) is 14.9. The molecule has 2 heterocycles. The topological polar surface area (TPSA) is 18.1 Å². The maximum atomic E-state index is 6.71. The Morgan fingerprint density at radius 2 is 1.02 bits per heavy atom. The van der Waals surface area contributed by atoms with Gasteiger partial charge < -0.3 is 8.98 Å². The number of fused-ring (bicyclic) bond motifs is 16. The van der Waals surface area contributed by atoms with E-state index in [-0.39, 0.29) is 0 Å². The molecule has 0 radical (unpaired) electrons. The summed E-state index contributed by atoms with van der Waals surface area (Å²) >= 11 is 0. The Morgan fingerprint density at radius 3 is 1.88 bits per heavy atom. The molecule has 10 aromatic carbocycles. The van der Waals surface area contributed by atoms with Crippen molar-refractivity contribution in [1.82, 2.24) is 4.57 Å². The van der Waals surface area contributed by atoms with Gasteiger partial charge in [0.05, 0.1) is 5.52 Å². The zero-order valence-electron chi connectivity index (χ0n) is 30.4. The van der Waals surface area contributed by atoms with Gasteiger partial charge in [-0.3, -0.25) is 0 Å². The Morgan fingerprint density at radius 1 is 0.339 bits per heavy atom. The van der Waals surface area contributed by atoms with Crippen LogP contribution < -0.4 is 0 Å². The Hall–Kier alpha value is -7.42. The van der Waals surface area contributed by atoms with Gasteiger partial charge in [-0.25, -0.2) is 0 Å². The van der Waals surface area contributed by atoms with Crippen molar-refractivity contribution in [3.63, 3.8) is 0 Å². The van der Waals surface area contributed by atoms with E-state index in [1.54, 1.807) is 0 Å². The highest BCUT2D eigenvalue weighted by atomic mass is 16.3. The second-order valence-electron chi connectivity index (χ2n) is 14.9. The molecule has 0 aliphatic rings. The van der Waals surface area contributed by atoms with Crippen LogP contribution in [0.25, 0.3) is 115 Å². The van der Waals surface area contributed by atoms with Gasteiger partial charge in [-0.05, 0) is 126 Å². The molecule has 0 aliphatic carbocycles. The van der Waals surface area contributed by atoms with E-state index in [9.17, 15) is 0 Å². The van der Waals surface area contributed by atoms with Crippen LogP contribution in [0.1, 0.15) is 0 Å². The zero-order valence-corrected chi connectivity index (χ0v) is 30.4. The SMILES string of the molecule is c1ccc(-c2ccc(-n3c4cc(-c5cccc6oc7c8ccccc8ccc7c56)cc(c4)c4cc(cc5ccc6ccccc6c54)c4ccccc43)cc2)cc1. The van der Waals surface area contributed by atoms with Crippen molar-refractivity contribution >= 4 is 86.8 Å². The Kier molecular flexibility index (Phi) is 6.66. The first-order valence-corrected chi connectivity index (χ1v) is 19.2. The predicted octanol–water partition coefficient (Wildman–Crippen LogP) is 15.2. The van der Waals surface area contributed by atoms with E-state index in [1.807, 2.05) is 0 Å². The molecule has 0 unspecified atom stereocenters. The van der Waals surface area contributed by atoms with Crippen LogP contribution >= 0.6 is 0 Å². The minimum absolute atomic E-state index is 0.891. The summed E-state index contributed by atoms with van der Waals surface area (Å²) in [6, 6.07) is 73.2. The minimum atomic E-state index is 0.891. The van der Waals surface area contributed by atoms with Gasteiger partial charge in [0.1, 0.15) is 11.2 Å². The fourth-order valence-electron chi connectivity index (χ4n) is 9.15. The first-order chi connectivity index (χ1) is 27.7. The van der Waals surface area contributed by atoms with Crippen LogP contribution in [0.4, 0.5) is 0 Å². The quantitative estimate of drug-likeness (QED) is 0.167. The predicted molar refractivity (Wildman–Crippen MR) is 238 cm³/mol. The lowest BCUT2D eigenvalue weighted by molar-refractivity contribution is 0.673. The summed E-state index contributed by atoms with van der Waals surface area (Å²) in [5, 5.41) is 14.4. The summed E-state index contributed by atoms with van der Waals surface area (Å²) in [7, 11) is 0. The van der Waals surface area contributed by atoms with E-state index < -0.39 is 0 Å². The molecule has 12 rings (SSSR count). The summed E-state index contributed by atoms with van der Waals surface area (Å²) in [6.07, 6.45) is 0. The van der Waals surface area contributed by atoms with Gasteiger partial charge in [0.2, 0.25) is 0 Å². The molecular formula is C54H33NO. The molecule has 2 nitrogen and oxygen atoms in total. The lowest BCUT2D eigenvalue weighted by Gasteiger charge is -2.15. The van der Waals surface area contributed by atoms with Crippen molar-refractivity contribution < 1.29 is 4.42 Å². The van der Waals surface area contributed by atoms with Crippen molar-refractivity contribution in [2.24, 2.45) is 0 Å². The van der Waals surface area contributed by atoms with Crippen molar-refractivity contribution in [3.05, 3.63) is 200 Å². The van der Waals surface area contributed by atoms with Crippen LogP contribution in [0.15, 0.2) is 205 Å². The van der Waals surface area contributed by atoms with Gasteiger partial charge in [0, 0.05) is 32.7 Å². The molecule has 0 N–H and O–H groups in total. The van der Waals surface area contributed by atoms with Gasteiger partial charge in [0.25, 0.3) is 0 Å². The van der Waals surface area contributed by atoms with Gasteiger partial charge >= 0.3 is 0 Å². The van der Waals surface area contributed by atoms with E-state index in [0.717, 1.165) is 55.2 Å². The second kappa shape index (κ2) is 12.0. The van der Waals surface area contributed by atoms with Crippen LogP contribution in [0.3, 0.4) is 0 Å². The summed E-state index contributed by atoms with van der Waals surface area (Å²) in [5.74, 6) is 0. The Labute approximate surface area is 322 Å². The molecule has 0 fully saturated rings. The maximum absolute atomic E-state index is 6.71. The average Bonchev–Trinajstić information content (AvgIpc) is 3.67. The summed E-state index contributed by atoms with van der Waals surface area (Å²) < 4.78 is 9.15. The van der Waals surface area contributed by atoms with E-state index in [4.69, 9.17) is 4.42 Å². The lowest BCUT2D eigenvalue weighted by atomic mass is 9.93. The highest BCUT2D eigenvalue weighted by molar-refractivity contribution is 6.24. The van der Waals surface area contributed by atoms with E-state index in [1.165, 1.54) is 59.6 Å². The molecule has 0 amide bonds. The molecular weight excluding hydrogens is 679 g/mol. The molecule has 12 aromatic rings. The third-order valence-electron chi connectivity index (χ3n) is 11.7. The molecule has 4 bridgehead atoms. The van der Waals surface area contributed by atoms with Crippen molar-refractivity contribution in [2.45, 2.75) is 0 Å². The molecule has 0 atom stereocenters. The largest absolute Gasteiger partial charge is 0.455 e. The van der Waals surface area contributed by atoms with Gasteiger partial charge in [-0.1, -0.05) is 140 Å². The van der Waals surface area contributed by atoms with Crippen molar-refractivity contribution in [1.29, 1.82) is 0 Å². The molecule has 0 spiro atoms. The number of para-hydroxylation sites is 1. The third-order valence-corrected chi connectivity index (χ3v) is 11.7. The van der Waals surface area contributed by atoms with E-state index in [0.29, 0.717) is 0 Å². The highest BCUT2D eigenvalue weighted by Crippen LogP contribution is 2.42. The van der Waals surface area contributed by atoms with Crippen LogP contribution in [-0.2, 0) is 0 Å². The maximum Gasteiger partial charge on any atom is 0.143 e. The number of furan rings is 1.